The van der Waals surface area contributed by atoms with Gasteiger partial charge < -0.3 is 14.8 Å². The van der Waals surface area contributed by atoms with E-state index in [1.807, 2.05) is 31.2 Å². The molecule has 0 aliphatic heterocycles. The molecule has 1 aromatic heterocycles. The van der Waals surface area contributed by atoms with Crippen LogP contribution >= 0.6 is 0 Å². The fraction of sp³-hybridized carbons (Fsp3) is 0.364. The van der Waals surface area contributed by atoms with Gasteiger partial charge in [-0.2, -0.15) is 0 Å². The van der Waals surface area contributed by atoms with Gasteiger partial charge in [-0.05, 0) is 52.0 Å². The first-order valence-corrected chi connectivity index (χ1v) is 9.04. The Morgan fingerprint density at radius 3 is 2.37 bits per heavy atom. The number of carbonyl (C=O) groups excluding carboxylic acids is 2. The van der Waals surface area contributed by atoms with Crippen molar-refractivity contribution in [1.82, 2.24) is 0 Å². The van der Waals surface area contributed by atoms with Crippen molar-refractivity contribution in [3.05, 3.63) is 65.3 Å². The van der Waals surface area contributed by atoms with Gasteiger partial charge in [-0.1, -0.05) is 17.7 Å². The fourth-order valence-corrected chi connectivity index (χ4v) is 4.08. The summed E-state index contributed by atoms with van der Waals surface area (Å²) in [4.78, 5) is 25.0. The summed E-state index contributed by atoms with van der Waals surface area (Å²) in [5.41, 5.74) is 1.74. The minimum atomic E-state index is -1.31. The smallest absolute Gasteiger partial charge is 0.158 e. The number of nitrogens with one attached hydrogen (secondary N) is 1. The molecule has 2 aromatic rings. The molecule has 1 heterocycles. The molecule has 0 unspecified atom stereocenters. The van der Waals surface area contributed by atoms with Crippen LogP contribution in [0.2, 0.25) is 0 Å². The summed E-state index contributed by atoms with van der Waals surface area (Å²) >= 11 is 0. The third-order valence-electron chi connectivity index (χ3n) is 5.19. The molecule has 0 saturated carbocycles. The monoisotopic (exact) mass is 367 g/mol. The second kappa shape index (κ2) is 7.16. The van der Waals surface area contributed by atoms with E-state index < -0.39 is 17.4 Å². The minimum Gasteiger partial charge on any atom is -0.469 e. The lowest BCUT2D eigenvalue weighted by Crippen LogP contribution is -2.48. The number of carbonyl (C=O) groups is 2. The van der Waals surface area contributed by atoms with Crippen LogP contribution < -0.4 is 5.32 Å². The topological polar surface area (TPSA) is 79.5 Å². The van der Waals surface area contributed by atoms with Crippen molar-refractivity contribution in [1.29, 1.82) is 0 Å². The van der Waals surface area contributed by atoms with Gasteiger partial charge >= 0.3 is 0 Å². The van der Waals surface area contributed by atoms with E-state index >= 15 is 0 Å². The Morgan fingerprint density at radius 1 is 1.19 bits per heavy atom. The zero-order valence-electron chi connectivity index (χ0n) is 16.1. The minimum absolute atomic E-state index is 0.146. The third kappa shape index (κ3) is 3.74. The highest BCUT2D eigenvalue weighted by Crippen LogP contribution is 2.47. The number of hydrogen-bond acceptors (Lipinski definition) is 5. The maximum absolute atomic E-state index is 12.6. The van der Waals surface area contributed by atoms with E-state index in [0.29, 0.717) is 17.0 Å². The van der Waals surface area contributed by atoms with Gasteiger partial charge in [0.25, 0.3) is 0 Å². The molecule has 5 heteroatoms. The van der Waals surface area contributed by atoms with Gasteiger partial charge in [0.1, 0.15) is 11.5 Å². The van der Waals surface area contributed by atoms with Gasteiger partial charge in [0.2, 0.25) is 0 Å². The van der Waals surface area contributed by atoms with E-state index in [9.17, 15) is 14.7 Å². The summed E-state index contributed by atoms with van der Waals surface area (Å²) in [6, 6.07) is 11.3. The first kappa shape index (κ1) is 19.1. The molecule has 1 aliphatic rings. The lowest BCUT2D eigenvalue weighted by molar-refractivity contribution is -0.131. The molecule has 1 aliphatic carbocycles. The summed E-state index contributed by atoms with van der Waals surface area (Å²) < 4.78 is 5.56. The van der Waals surface area contributed by atoms with Crippen molar-refractivity contribution in [2.24, 2.45) is 5.92 Å². The van der Waals surface area contributed by atoms with Crippen LogP contribution in [0.25, 0.3) is 0 Å². The molecule has 0 radical (unpaired) electrons. The Kier molecular flexibility index (Phi) is 5.07. The number of benzene rings is 1. The van der Waals surface area contributed by atoms with E-state index in [-0.39, 0.29) is 18.0 Å². The lowest BCUT2D eigenvalue weighted by atomic mass is 9.65. The van der Waals surface area contributed by atoms with E-state index in [1.165, 1.54) is 20.1 Å². The Labute approximate surface area is 159 Å². The summed E-state index contributed by atoms with van der Waals surface area (Å²) in [6.45, 7) is 6.58. The van der Waals surface area contributed by atoms with Crippen molar-refractivity contribution in [2.45, 2.75) is 45.6 Å². The number of hydrogen-bond donors (Lipinski definition) is 2. The van der Waals surface area contributed by atoms with Gasteiger partial charge in [-0.3, -0.25) is 9.59 Å². The quantitative estimate of drug-likeness (QED) is 0.835. The van der Waals surface area contributed by atoms with Crippen LogP contribution in [0.4, 0.5) is 5.69 Å². The van der Waals surface area contributed by atoms with Crippen molar-refractivity contribution >= 4 is 17.3 Å². The van der Waals surface area contributed by atoms with Crippen molar-refractivity contribution in [3.8, 4) is 0 Å². The molecule has 1 aromatic carbocycles. The molecular weight excluding hydrogens is 342 g/mol. The molecule has 0 bridgehead atoms. The highest BCUT2D eigenvalue weighted by Gasteiger charge is 2.50. The number of aryl methyl sites for hydroxylation is 1. The highest BCUT2D eigenvalue weighted by atomic mass is 16.3. The second-order valence-corrected chi connectivity index (χ2v) is 7.55. The maximum atomic E-state index is 12.6. The van der Waals surface area contributed by atoms with Crippen LogP contribution in [0.5, 0.6) is 0 Å². The van der Waals surface area contributed by atoms with Crippen molar-refractivity contribution in [2.75, 3.05) is 5.32 Å². The van der Waals surface area contributed by atoms with Gasteiger partial charge in [0.15, 0.2) is 5.78 Å². The Hall–Kier alpha value is -2.66. The molecule has 142 valence electrons. The Bertz CT molecular complexity index is 876. The van der Waals surface area contributed by atoms with E-state index in [2.05, 4.69) is 5.32 Å². The molecule has 0 saturated heterocycles. The van der Waals surface area contributed by atoms with E-state index in [4.69, 9.17) is 4.42 Å². The number of anilines is 1. The normalized spacial score (nSPS) is 25.4. The molecule has 5 nitrogen and oxygen atoms in total. The van der Waals surface area contributed by atoms with Crippen LogP contribution in [-0.2, 0) is 9.59 Å². The molecule has 3 rings (SSSR count). The standard InChI is InChI=1S/C22H25NO4/c1-13-7-9-16(10-8-13)23-17-12-22(4,26)21(15(3)25)20(19(17)14(2)24)18-6-5-11-27-18/h5-11,20-21,23,26H,12H2,1-4H3/t20-,21-,22-/m0/s1. The van der Waals surface area contributed by atoms with Crippen LogP contribution in [0.3, 0.4) is 0 Å². The molecular formula is C22H25NO4. The largest absolute Gasteiger partial charge is 0.469 e. The predicted molar refractivity (Wildman–Crippen MR) is 103 cm³/mol. The zero-order valence-corrected chi connectivity index (χ0v) is 16.1. The van der Waals surface area contributed by atoms with Gasteiger partial charge in [-0.25, -0.2) is 0 Å². The Morgan fingerprint density at radius 2 is 1.85 bits per heavy atom. The molecule has 0 fully saturated rings. The number of rotatable bonds is 5. The molecule has 3 atom stereocenters. The number of furan rings is 1. The predicted octanol–water partition coefficient (Wildman–Crippen LogP) is 3.99. The van der Waals surface area contributed by atoms with E-state index in [1.54, 1.807) is 19.1 Å². The summed E-state index contributed by atoms with van der Waals surface area (Å²) in [7, 11) is 0. The fourth-order valence-electron chi connectivity index (χ4n) is 4.08. The van der Waals surface area contributed by atoms with Crippen LogP contribution in [0.1, 0.15) is 44.4 Å². The molecule has 2 N–H and O–H groups in total. The van der Waals surface area contributed by atoms with Crippen molar-refractivity contribution in [3.63, 3.8) is 0 Å². The van der Waals surface area contributed by atoms with Gasteiger partial charge in [0, 0.05) is 23.4 Å². The Balaban J connectivity index is 2.16. The molecule has 0 spiro atoms. The number of Topliss-reactive ketones (excluding diaryl/α,β-unsaturated/α-hetero) is 2. The SMILES string of the molecule is CC(=O)C1=C(Nc2ccc(C)cc2)C[C@](C)(O)[C@@H](C(C)=O)[C@H]1c1ccco1. The first-order valence-electron chi connectivity index (χ1n) is 9.04. The molecule has 27 heavy (non-hydrogen) atoms. The number of allylic oxidation sites excluding steroid dienone is 1. The zero-order chi connectivity index (χ0) is 19.8. The summed E-state index contributed by atoms with van der Waals surface area (Å²) in [5.74, 6) is -1.20. The highest BCUT2D eigenvalue weighted by molar-refractivity contribution is 5.98. The lowest BCUT2D eigenvalue weighted by Gasteiger charge is -2.42. The number of ketones is 2. The van der Waals surface area contributed by atoms with E-state index in [0.717, 1.165) is 11.3 Å². The first-order chi connectivity index (χ1) is 12.7. The number of aliphatic hydroxyl groups is 1. The second-order valence-electron chi connectivity index (χ2n) is 7.55. The van der Waals surface area contributed by atoms with Crippen LogP contribution in [-0.4, -0.2) is 22.3 Å². The summed E-state index contributed by atoms with van der Waals surface area (Å²) in [6.07, 6.45) is 1.69. The summed E-state index contributed by atoms with van der Waals surface area (Å²) in [5, 5.41) is 14.4. The average Bonchev–Trinajstić information content (AvgIpc) is 3.09. The average molecular weight is 367 g/mol. The van der Waals surface area contributed by atoms with Gasteiger partial charge in [0.05, 0.1) is 23.7 Å². The third-order valence-corrected chi connectivity index (χ3v) is 5.19. The van der Waals surface area contributed by atoms with Crippen LogP contribution in [0.15, 0.2) is 58.3 Å². The molecule has 0 amide bonds. The van der Waals surface area contributed by atoms with Gasteiger partial charge in [-0.15, -0.1) is 0 Å². The van der Waals surface area contributed by atoms with Crippen molar-refractivity contribution < 1.29 is 19.1 Å². The van der Waals surface area contributed by atoms with Crippen LogP contribution in [0, 0.1) is 12.8 Å². The maximum Gasteiger partial charge on any atom is 0.158 e.